The molecule has 0 amide bonds. The Balaban J connectivity index is 2.14. The second-order valence-corrected chi connectivity index (χ2v) is 3.99. The summed E-state index contributed by atoms with van der Waals surface area (Å²) in [7, 11) is 0. The van der Waals surface area contributed by atoms with Gasteiger partial charge in [0.15, 0.2) is 0 Å². The maximum absolute atomic E-state index is 8.55. The first-order chi connectivity index (χ1) is 6.74. The summed E-state index contributed by atoms with van der Waals surface area (Å²) in [6, 6.07) is 1.16. The molecule has 0 saturated carbocycles. The molecular formula is C10H22N2O2. The number of nitrogens with zero attached hydrogens (tertiary/aromatic N) is 1. The molecule has 1 rings (SSSR count). The first-order valence-corrected chi connectivity index (χ1v) is 5.40. The van der Waals surface area contributed by atoms with Crippen LogP contribution in [-0.2, 0) is 4.74 Å². The minimum Gasteiger partial charge on any atom is -0.394 e. The molecule has 1 aliphatic rings. The topological polar surface area (TPSA) is 44.7 Å². The van der Waals surface area contributed by atoms with Gasteiger partial charge in [-0.3, -0.25) is 4.90 Å². The van der Waals surface area contributed by atoms with Crippen molar-refractivity contribution in [1.29, 1.82) is 0 Å². The fraction of sp³-hybridized carbons (Fsp3) is 1.00. The highest BCUT2D eigenvalue weighted by molar-refractivity contribution is 4.80. The minimum absolute atomic E-state index is 0.119. The van der Waals surface area contributed by atoms with Gasteiger partial charge in [0, 0.05) is 31.7 Å². The third kappa shape index (κ3) is 3.92. The molecule has 1 saturated heterocycles. The number of ether oxygens (including phenoxy) is 1. The third-order valence-corrected chi connectivity index (χ3v) is 2.65. The van der Waals surface area contributed by atoms with E-state index in [9.17, 15) is 0 Å². The van der Waals surface area contributed by atoms with Crippen LogP contribution in [-0.4, -0.2) is 61.5 Å². The Kier molecular flexibility index (Phi) is 5.40. The van der Waals surface area contributed by atoms with E-state index < -0.39 is 0 Å². The summed E-state index contributed by atoms with van der Waals surface area (Å²) in [5.74, 6) is 0. The molecule has 4 nitrogen and oxygen atoms in total. The Hall–Kier alpha value is -0.160. The fourth-order valence-corrected chi connectivity index (χ4v) is 1.76. The number of hydrogen-bond acceptors (Lipinski definition) is 4. The van der Waals surface area contributed by atoms with Crippen molar-refractivity contribution >= 4 is 0 Å². The van der Waals surface area contributed by atoms with Gasteiger partial charge in [-0.15, -0.1) is 0 Å². The standard InChI is InChI=1S/C10H22N2O2/c1-9-8-12(10(2)7-11-9)3-5-14-6-4-13/h9-11,13H,3-8H2,1-2H3. The number of piperazine rings is 1. The van der Waals surface area contributed by atoms with Crippen LogP contribution in [0, 0.1) is 0 Å². The SMILES string of the molecule is CC1CN(CCOCCO)C(C)CN1. The zero-order valence-electron chi connectivity index (χ0n) is 9.20. The average molecular weight is 202 g/mol. The number of rotatable bonds is 5. The van der Waals surface area contributed by atoms with Crippen molar-refractivity contribution in [3.8, 4) is 0 Å². The monoisotopic (exact) mass is 202 g/mol. The van der Waals surface area contributed by atoms with Gasteiger partial charge in [0.05, 0.1) is 19.8 Å². The number of nitrogens with one attached hydrogen (secondary N) is 1. The smallest absolute Gasteiger partial charge is 0.0698 e. The number of hydrogen-bond donors (Lipinski definition) is 2. The maximum atomic E-state index is 8.55. The number of aliphatic hydroxyl groups excluding tert-OH is 1. The average Bonchev–Trinajstić information content (AvgIpc) is 2.18. The molecular weight excluding hydrogens is 180 g/mol. The lowest BCUT2D eigenvalue weighted by Crippen LogP contribution is -2.54. The molecule has 2 atom stereocenters. The van der Waals surface area contributed by atoms with Gasteiger partial charge in [0.2, 0.25) is 0 Å². The summed E-state index contributed by atoms with van der Waals surface area (Å²) in [6.07, 6.45) is 0. The molecule has 1 fully saturated rings. The zero-order valence-corrected chi connectivity index (χ0v) is 9.20. The van der Waals surface area contributed by atoms with E-state index in [0.717, 1.165) is 26.2 Å². The highest BCUT2D eigenvalue weighted by Crippen LogP contribution is 2.05. The lowest BCUT2D eigenvalue weighted by atomic mass is 10.1. The summed E-state index contributed by atoms with van der Waals surface area (Å²) in [4.78, 5) is 2.43. The largest absolute Gasteiger partial charge is 0.394 e. The Labute approximate surface area is 86.2 Å². The van der Waals surface area contributed by atoms with Crippen LogP contribution < -0.4 is 5.32 Å². The minimum atomic E-state index is 0.119. The van der Waals surface area contributed by atoms with Crippen LogP contribution in [0.2, 0.25) is 0 Å². The van der Waals surface area contributed by atoms with Gasteiger partial charge < -0.3 is 15.2 Å². The maximum Gasteiger partial charge on any atom is 0.0698 e. The summed E-state index contributed by atoms with van der Waals surface area (Å²) < 4.78 is 5.26. The van der Waals surface area contributed by atoms with Crippen molar-refractivity contribution in [2.75, 3.05) is 39.5 Å². The molecule has 0 bridgehead atoms. The molecule has 14 heavy (non-hydrogen) atoms. The van der Waals surface area contributed by atoms with Gasteiger partial charge in [-0.2, -0.15) is 0 Å². The lowest BCUT2D eigenvalue weighted by Gasteiger charge is -2.37. The normalized spacial score (nSPS) is 29.4. The second kappa shape index (κ2) is 6.35. The first-order valence-electron chi connectivity index (χ1n) is 5.40. The Morgan fingerprint density at radius 2 is 2.21 bits per heavy atom. The van der Waals surface area contributed by atoms with E-state index in [1.165, 1.54) is 0 Å². The molecule has 0 aromatic heterocycles. The first kappa shape index (κ1) is 11.9. The fourth-order valence-electron chi connectivity index (χ4n) is 1.76. The molecule has 0 aromatic rings. The van der Waals surface area contributed by atoms with Gasteiger partial charge >= 0.3 is 0 Å². The Morgan fingerprint density at radius 1 is 1.43 bits per heavy atom. The van der Waals surface area contributed by atoms with Crippen molar-refractivity contribution in [3.63, 3.8) is 0 Å². The van der Waals surface area contributed by atoms with E-state index in [1.54, 1.807) is 0 Å². The predicted octanol–water partition coefficient (Wildman–Crippen LogP) is -0.322. The summed E-state index contributed by atoms with van der Waals surface area (Å²) in [5.41, 5.74) is 0. The number of aliphatic hydroxyl groups is 1. The van der Waals surface area contributed by atoms with E-state index in [1.807, 2.05) is 0 Å². The molecule has 0 aromatic carbocycles. The molecule has 0 radical (unpaired) electrons. The van der Waals surface area contributed by atoms with Crippen LogP contribution in [0.1, 0.15) is 13.8 Å². The summed E-state index contributed by atoms with van der Waals surface area (Å²) in [5, 5.41) is 12.0. The van der Waals surface area contributed by atoms with Crippen LogP contribution >= 0.6 is 0 Å². The molecule has 0 aliphatic carbocycles. The molecule has 84 valence electrons. The van der Waals surface area contributed by atoms with Gasteiger partial charge in [-0.25, -0.2) is 0 Å². The van der Waals surface area contributed by atoms with E-state index >= 15 is 0 Å². The van der Waals surface area contributed by atoms with Gasteiger partial charge in [0.25, 0.3) is 0 Å². The lowest BCUT2D eigenvalue weighted by molar-refractivity contribution is 0.0540. The van der Waals surface area contributed by atoms with Crippen LogP contribution in [0.3, 0.4) is 0 Å². The Morgan fingerprint density at radius 3 is 2.93 bits per heavy atom. The summed E-state index contributed by atoms with van der Waals surface area (Å²) >= 11 is 0. The van der Waals surface area contributed by atoms with E-state index in [-0.39, 0.29) is 6.61 Å². The van der Waals surface area contributed by atoms with Crippen molar-refractivity contribution in [1.82, 2.24) is 10.2 Å². The summed E-state index contributed by atoms with van der Waals surface area (Å²) in [6.45, 7) is 8.83. The van der Waals surface area contributed by atoms with E-state index in [2.05, 4.69) is 24.1 Å². The van der Waals surface area contributed by atoms with Crippen molar-refractivity contribution < 1.29 is 9.84 Å². The highest BCUT2D eigenvalue weighted by atomic mass is 16.5. The van der Waals surface area contributed by atoms with Crippen LogP contribution in [0.4, 0.5) is 0 Å². The molecule has 4 heteroatoms. The molecule has 1 heterocycles. The predicted molar refractivity (Wildman–Crippen MR) is 56.4 cm³/mol. The van der Waals surface area contributed by atoms with E-state index in [4.69, 9.17) is 9.84 Å². The van der Waals surface area contributed by atoms with Crippen molar-refractivity contribution in [2.24, 2.45) is 0 Å². The molecule has 1 aliphatic heterocycles. The van der Waals surface area contributed by atoms with Crippen LogP contribution in [0.15, 0.2) is 0 Å². The highest BCUT2D eigenvalue weighted by Gasteiger charge is 2.21. The second-order valence-electron chi connectivity index (χ2n) is 3.99. The Bertz CT molecular complexity index is 155. The zero-order chi connectivity index (χ0) is 10.4. The van der Waals surface area contributed by atoms with Gasteiger partial charge in [-0.1, -0.05) is 0 Å². The molecule has 2 N–H and O–H groups in total. The molecule has 0 spiro atoms. The van der Waals surface area contributed by atoms with Crippen LogP contribution in [0.5, 0.6) is 0 Å². The van der Waals surface area contributed by atoms with Gasteiger partial charge in [0.1, 0.15) is 0 Å². The van der Waals surface area contributed by atoms with E-state index in [0.29, 0.717) is 18.7 Å². The van der Waals surface area contributed by atoms with Crippen LogP contribution in [0.25, 0.3) is 0 Å². The van der Waals surface area contributed by atoms with Gasteiger partial charge in [-0.05, 0) is 13.8 Å². The third-order valence-electron chi connectivity index (χ3n) is 2.65. The molecule has 2 unspecified atom stereocenters. The van der Waals surface area contributed by atoms with Crippen molar-refractivity contribution in [2.45, 2.75) is 25.9 Å². The quantitative estimate of drug-likeness (QED) is 0.600. The van der Waals surface area contributed by atoms with Crippen molar-refractivity contribution in [3.05, 3.63) is 0 Å².